The van der Waals surface area contributed by atoms with E-state index in [9.17, 15) is 9.59 Å². The summed E-state index contributed by atoms with van der Waals surface area (Å²) < 4.78 is 6.43. The van der Waals surface area contributed by atoms with Gasteiger partial charge in [0.15, 0.2) is 0 Å². The number of urea groups is 1. The number of furan rings is 1. The summed E-state index contributed by atoms with van der Waals surface area (Å²) in [4.78, 5) is 22.4. The quantitative estimate of drug-likeness (QED) is 0.630. The van der Waals surface area contributed by atoms with Crippen molar-refractivity contribution in [1.29, 1.82) is 0 Å². The summed E-state index contributed by atoms with van der Waals surface area (Å²) in [6.45, 7) is 0. The van der Waals surface area contributed by atoms with Crippen LogP contribution in [-0.4, -0.2) is 11.9 Å². The highest BCUT2D eigenvalue weighted by molar-refractivity contribution is 9.10. The van der Waals surface area contributed by atoms with Crippen molar-refractivity contribution < 1.29 is 14.0 Å². The summed E-state index contributed by atoms with van der Waals surface area (Å²) >= 11 is 9.36. The number of carbonyl (C=O) groups excluding carboxylic acids is 2. The number of benzene rings is 1. The molecule has 0 bridgehead atoms. The lowest BCUT2D eigenvalue weighted by atomic mass is 10.2. The molecule has 1 saturated heterocycles. The van der Waals surface area contributed by atoms with Gasteiger partial charge in [-0.3, -0.25) is 10.1 Å². The Bertz CT molecular complexity index is 782. The van der Waals surface area contributed by atoms with Gasteiger partial charge in [-0.05, 0) is 40.2 Å². The number of carbonyl (C=O) groups is 2. The fraction of sp³-hybridized carbons (Fsp3) is 0. The smallest absolute Gasteiger partial charge is 0.326 e. The fourth-order valence-corrected chi connectivity index (χ4v) is 2.29. The largest absolute Gasteiger partial charge is 0.457 e. The van der Waals surface area contributed by atoms with E-state index in [1.54, 1.807) is 18.2 Å². The molecule has 0 atom stereocenters. The first-order valence-electron chi connectivity index (χ1n) is 5.92. The molecule has 1 aromatic heterocycles. The molecule has 2 N–H and O–H groups in total. The molecule has 1 aliphatic rings. The monoisotopic (exact) mass is 366 g/mol. The van der Waals surface area contributed by atoms with Gasteiger partial charge in [-0.2, -0.15) is 0 Å². The third-order valence-corrected chi connectivity index (χ3v) is 4.07. The SMILES string of the molecule is O=C1NC(=O)/C(=C/c2ccc(-c3ccc(Br)c(Cl)c3)o2)N1. The van der Waals surface area contributed by atoms with Crippen molar-refractivity contribution in [3.05, 3.63) is 51.3 Å². The van der Waals surface area contributed by atoms with Crippen LogP contribution in [0.25, 0.3) is 17.4 Å². The highest BCUT2D eigenvalue weighted by Crippen LogP contribution is 2.30. The second-order valence-corrected chi connectivity index (χ2v) is 5.56. The molecule has 3 amide bonds. The average Bonchev–Trinajstić information content (AvgIpc) is 3.01. The van der Waals surface area contributed by atoms with Crippen LogP contribution in [0.4, 0.5) is 4.79 Å². The van der Waals surface area contributed by atoms with Gasteiger partial charge in [0, 0.05) is 16.1 Å². The van der Waals surface area contributed by atoms with Gasteiger partial charge in [-0.25, -0.2) is 4.79 Å². The van der Waals surface area contributed by atoms with Crippen LogP contribution in [0.3, 0.4) is 0 Å². The minimum absolute atomic E-state index is 0.148. The highest BCUT2D eigenvalue weighted by atomic mass is 79.9. The zero-order valence-electron chi connectivity index (χ0n) is 10.4. The molecule has 2 heterocycles. The molecule has 1 fully saturated rings. The maximum atomic E-state index is 11.4. The Morgan fingerprint density at radius 2 is 1.95 bits per heavy atom. The highest BCUT2D eigenvalue weighted by Gasteiger charge is 2.23. The number of halogens is 2. The molecule has 0 aliphatic carbocycles. The Morgan fingerprint density at radius 1 is 1.14 bits per heavy atom. The molecule has 21 heavy (non-hydrogen) atoms. The van der Waals surface area contributed by atoms with Crippen molar-refractivity contribution in [3.63, 3.8) is 0 Å². The molecule has 3 rings (SSSR count). The number of imide groups is 1. The second kappa shape index (κ2) is 5.38. The summed E-state index contributed by atoms with van der Waals surface area (Å²) in [5.41, 5.74) is 0.961. The zero-order valence-corrected chi connectivity index (χ0v) is 12.8. The lowest BCUT2D eigenvalue weighted by Gasteiger charge is -2.00. The van der Waals surface area contributed by atoms with E-state index in [1.807, 2.05) is 12.1 Å². The van der Waals surface area contributed by atoms with Crippen LogP contribution in [0.5, 0.6) is 0 Å². The van der Waals surface area contributed by atoms with E-state index in [0.29, 0.717) is 16.5 Å². The number of amides is 3. The van der Waals surface area contributed by atoms with Gasteiger partial charge in [0.2, 0.25) is 0 Å². The second-order valence-electron chi connectivity index (χ2n) is 4.30. The summed E-state index contributed by atoms with van der Waals surface area (Å²) in [5, 5.41) is 5.08. The number of rotatable bonds is 2. The normalized spacial score (nSPS) is 16.2. The van der Waals surface area contributed by atoms with Crippen LogP contribution in [0, 0.1) is 0 Å². The fourth-order valence-electron chi connectivity index (χ4n) is 1.86. The van der Waals surface area contributed by atoms with Crippen molar-refractivity contribution in [1.82, 2.24) is 10.6 Å². The average molecular weight is 368 g/mol. The van der Waals surface area contributed by atoms with Crippen molar-refractivity contribution >= 4 is 45.5 Å². The van der Waals surface area contributed by atoms with Crippen LogP contribution >= 0.6 is 27.5 Å². The minimum Gasteiger partial charge on any atom is -0.457 e. The van der Waals surface area contributed by atoms with E-state index >= 15 is 0 Å². The lowest BCUT2D eigenvalue weighted by Crippen LogP contribution is -2.22. The Balaban J connectivity index is 1.90. The maximum absolute atomic E-state index is 11.4. The van der Waals surface area contributed by atoms with E-state index < -0.39 is 11.9 Å². The summed E-state index contributed by atoms with van der Waals surface area (Å²) in [7, 11) is 0. The summed E-state index contributed by atoms with van der Waals surface area (Å²) in [6.07, 6.45) is 1.46. The summed E-state index contributed by atoms with van der Waals surface area (Å²) in [6, 6.07) is 8.37. The number of hydrogen-bond acceptors (Lipinski definition) is 3. The molecule has 0 unspecified atom stereocenters. The van der Waals surface area contributed by atoms with Gasteiger partial charge < -0.3 is 9.73 Å². The Hall–Kier alpha value is -2.05. The summed E-state index contributed by atoms with van der Waals surface area (Å²) in [5.74, 6) is 0.585. The Morgan fingerprint density at radius 3 is 2.62 bits per heavy atom. The van der Waals surface area contributed by atoms with E-state index in [2.05, 4.69) is 26.6 Å². The van der Waals surface area contributed by atoms with Crippen LogP contribution in [0.1, 0.15) is 5.76 Å². The van der Waals surface area contributed by atoms with Gasteiger partial charge >= 0.3 is 6.03 Å². The van der Waals surface area contributed by atoms with Gasteiger partial charge in [-0.15, -0.1) is 0 Å². The molecule has 0 spiro atoms. The van der Waals surface area contributed by atoms with Crippen molar-refractivity contribution in [2.45, 2.75) is 0 Å². The Kier molecular flexibility index (Phi) is 3.57. The van der Waals surface area contributed by atoms with Crippen molar-refractivity contribution in [2.24, 2.45) is 0 Å². The van der Waals surface area contributed by atoms with Crippen LogP contribution in [0.2, 0.25) is 5.02 Å². The van der Waals surface area contributed by atoms with Gasteiger partial charge in [-0.1, -0.05) is 17.7 Å². The molecule has 106 valence electrons. The van der Waals surface area contributed by atoms with Gasteiger partial charge in [0.1, 0.15) is 17.2 Å². The van der Waals surface area contributed by atoms with E-state index in [0.717, 1.165) is 10.0 Å². The molecule has 7 heteroatoms. The third kappa shape index (κ3) is 2.86. The standard InChI is InChI=1S/C14H8BrClN2O3/c15-9-3-1-7(5-10(9)16)12-4-2-8(21-12)6-11-13(19)18-14(20)17-11/h1-6H,(H2,17,18,19,20)/b11-6-. The van der Waals surface area contributed by atoms with Crippen molar-refractivity contribution in [3.8, 4) is 11.3 Å². The van der Waals surface area contributed by atoms with Crippen molar-refractivity contribution in [2.75, 3.05) is 0 Å². The molecule has 1 aromatic carbocycles. The number of hydrogen-bond donors (Lipinski definition) is 2. The lowest BCUT2D eigenvalue weighted by molar-refractivity contribution is -0.115. The predicted molar refractivity (Wildman–Crippen MR) is 81.5 cm³/mol. The minimum atomic E-state index is -0.544. The van der Waals surface area contributed by atoms with E-state index in [4.69, 9.17) is 16.0 Å². The molecule has 1 aliphatic heterocycles. The van der Waals surface area contributed by atoms with E-state index in [1.165, 1.54) is 6.08 Å². The number of nitrogens with one attached hydrogen (secondary N) is 2. The molecule has 5 nitrogen and oxygen atoms in total. The zero-order chi connectivity index (χ0) is 15.0. The molecule has 0 radical (unpaired) electrons. The first kappa shape index (κ1) is 13.9. The molecular formula is C14H8BrClN2O3. The predicted octanol–water partition coefficient (Wildman–Crippen LogP) is 3.54. The first-order chi connectivity index (χ1) is 10.0. The molecule has 2 aromatic rings. The van der Waals surface area contributed by atoms with Gasteiger partial charge in [0.25, 0.3) is 5.91 Å². The topological polar surface area (TPSA) is 71.3 Å². The van der Waals surface area contributed by atoms with Crippen LogP contribution in [-0.2, 0) is 4.79 Å². The first-order valence-corrected chi connectivity index (χ1v) is 7.09. The van der Waals surface area contributed by atoms with Crippen LogP contribution < -0.4 is 10.6 Å². The molecule has 0 saturated carbocycles. The van der Waals surface area contributed by atoms with Gasteiger partial charge in [0.05, 0.1) is 5.02 Å². The van der Waals surface area contributed by atoms with E-state index in [-0.39, 0.29) is 5.70 Å². The third-order valence-electron chi connectivity index (χ3n) is 2.84. The van der Waals surface area contributed by atoms with Crippen LogP contribution in [0.15, 0.2) is 44.9 Å². The Labute approximate surface area is 133 Å². The maximum Gasteiger partial charge on any atom is 0.326 e. The molecular weight excluding hydrogens is 360 g/mol.